The minimum atomic E-state index is -1.38. The summed E-state index contributed by atoms with van der Waals surface area (Å²) in [6.07, 6.45) is 14.6. The average Bonchev–Trinajstić information content (AvgIpc) is 2.97. The average molecular weight is 415 g/mol. The molecule has 29 heavy (non-hydrogen) atoms. The van der Waals surface area contributed by atoms with Crippen molar-refractivity contribution in [2.75, 3.05) is 33.5 Å². The van der Waals surface area contributed by atoms with E-state index in [2.05, 4.69) is 26.0 Å². The topological polar surface area (TPSA) is 77.4 Å². The summed E-state index contributed by atoms with van der Waals surface area (Å²) < 4.78 is 22.4. The van der Waals surface area contributed by atoms with E-state index in [0.29, 0.717) is 13.2 Å². The zero-order chi connectivity index (χ0) is 21.4. The van der Waals surface area contributed by atoms with Gasteiger partial charge in [-0.2, -0.15) is 0 Å². The Morgan fingerprint density at radius 1 is 0.862 bits per heavy atom. The largest absolute Gasteiger partial charge is 0.387 e. The second-order valence-corrected chi connectivity index (χ2v) is 7.59. The molecule has 1 aliphatic rings. The summed E-state index contributed by atoms with van der Waals surface area (Å²) >= 11 is 0. The minimum Gasteiger partial charge on any atom is -0.387 e. The van der Waals surface area contributed by atoms with Gasteiger partial charge in [0.1, 0.15) is 24.9 Å². The van der Waals surface area contributed by atoms with Crippen molar-refractivity contribution in [2.45, 2.75) is 89.3 Å². The lowest BCUT2D eigenvalue weighted by Crippen LogP contribution is -2.48. The third kappa shape index (κ3) is 9.73. The van der Waals surface area contributed by atoms with Gasteiger partial charge in [0.05, 0.1) is 19.8 Å². The van der Waals surface area contributed by atoms with Gasteiger partial charge in [-0.05, 0) is 25.7 Å². The first-order valence-electron chi connectivity index (χ1n) is 11.2. The molecule has 1 saturated heterocycles. The number of aliphatic hydroxyl groups is 2. The Hall–Kier alpha value is -0.760. The fraction of sp³-hybridized carbons (Fsp3) is 0.826. The van der Waals surface area contributed by atoms with E-state index in [1.165, 1.54) is 45.6 Å². The maximum absolute atomic E-state index is 10.4. The predicted molar refractivity (Wildman–Crippen MR) is 115 cm³/mol. The Balaban J connectivity index is 2.33. The van der Waals surface area contributed by atoms with E-state index in [0.717, 1.165) is 12.8 Å². The lowest BCUT2D eigenvalue weighted by atomic mass is 10.1. The van der Waals surface area contributed by atoms with Gasteiger partial charge in [0.2, 0.25) is 5.79 Å². The van der Waals surface area contributed by atoms with Crippen LogP contribution in [0.3, 0.4) is 0 Å². The lowest BCUT2D eigenvalue weighted by Gasteiger charge is -2.30. The summed E-state index contributed by atoms with van der Waals surface area (Å²) in [6, 6.07) is 0. The maximum atomic E-state index is 10.4. The van der Waals surface area contributed by atoms with Crippen LogP contribution in [0.15, 0.2) is 24.3 Å². The normalized spacial score (nSPS) is 27.6. The van der Waals surface area contributed by atoms with Gasteiger partial charge in [-0.3, -0.25) is 0 Å². The van der Waals surface area contributed by atoms with E-state index >= 15 is 0 Å². The van der Waals surface area contributed by atoms with Crippen LogP contribution in [0, 0.1) is 0 Å². The van der Waals surface area contributed by atoms with Crippen LogP contribution in [0.4, 0.5) is 0 Å². The molecule has 0 aromatic carbocycles. The second kappa shape index (κ2) is 16.0. The van der Waals surface area contributed by atoms with Crippen molar-refractivity contribution in [1.82, 2.24) is 0 Å². The van der Waals surface area contributed by atoms with Gasteiger partial charge in [-0.1, -0.05) is 63.8 Å². The first-order valence-corrected chi connectivity index (χ1v) is 11.2. The summed E-state index contributed by atoms with van der Waals surface area (Å²) in [6.45, 7) is 5.45. The monoisotopic (exact) mass is 414 g/mol. The lowest BCUT2D eigenvalue weighted by molar-refractivity contribution is -0.269. The van der Waals surface area contributed by atoms with Crippen LogP contribution in [-0.4, -0.2) is 67.8 Å². The highest BCUT2D eigenvalue weighted by atomic mass is 16.7. The molecule has 1 rings (SSSR count). The van der Waals surface area contributed by atoms with Crippen molar-refractivity contribution in [3.63, 3.8) is 0 Å². The minimum absolute atomic E-state index is 0.0366. The number of hydrogen-bond donors (Lipinski definition) is 2. The van der Waals surface area contributed by atoms with E-state index in [-0.39, 0.29) is 13.2 Å². The first-order chi connectivity index (χ1) is 14.1. The molecule has 1 fully saturated rings. The third-order valence-electron chi connectivity index (χ3n) is 5.15. The molecule has 0 aliphatic carbocycles. The number of hydrogen-bond acceptors (Lipinski definition) is 6. The smallest absolute Gasteiger partial charge is 0.221 e. The Morgan fingerprint density at radius 3 is 2.00 bits per heavy atom. The van der Waals surface area contributed by atoms with Crippen molar-refractivity contribution >= 4 is 0 Å². The quantitative estimate of drug-likeness (QED) is 0.279. The van der Waals surface area contributed by atoms with Crippen molar-refractivity contribution in [1.29, 1.82) is 0 Å². The molecule has 170 valence electrons. The van der Waals surface area contributed by atoms with Crippen LogP contribution in [-0.2, 0) is 18.9 Å². The Bertz CT molecular complexity index is 453. The molecule has 0 spiro atoms. The van der Waals surface area contributed by atoms with Crippen LogP contribution in [0.5, 0.6) is 0 Å². The standard InChI is InChI=1S/C23H42O6/c1-4-6-8-10-12-14-16-27-18-20-21(24)22(25)23(26-3,29-20)19-28-17-15-13-11-9-7-5-2/h12-15,20-22,24-25H,4-11,16-19H2,1-3H3/t20-,21-,22+,23+/m1/s1. The molecule has 0 bridgehead atoms. The molecule has 0 aromatic rings. The molecule has 6 heteroatoms. The summed E-state index contributed by atoms with van der Waals surface area (Å²) in [5.41, 5.74) is 0. The summed E-state index contributed by atoms with van der Waals surface area (Å²) in [5.74, 6) is -1.38. The Labute approximate surface area is 176 Å². The number of aliphatic hydroxyl groups excluding tert-OH is 2. The van der Waals surface area contributed by atoms with Gasteiger partial charge < -0.3 is 29.2 Å². The highest BCUT2D eigenvalue weighted by molar-refractivity contribution is 4.97. The summed E-state index contributed by atoms with van der Waals surface area (Å²) in [7, 11) is 1.45. The molecule has 0 radical (unpaired) electrons. The van der Waals surface area contributed by atoms with Gasteiger partial charge >= 0.3 is 0 Å². The number of methoxy groups -OCH3 is 1. The molecule has 4 atom stereocenters. The van der Waals surface area contributed by atoms with E-state index in [4.69, 9.17) is 18.9 Å². The highest BCUT2D eigenvalue weighted by Gasteiger charge is 2.55. The van der Waals surface area contributed by atoms with Gasteiger partial charge in [0.15, 0.2) is 0 Å². The number of unbranched alkanes of at least 4 members (excludes halogenated alkanes) is 6. The number of ether oxygens (including phenoxy) is 4. The SMILES string of the molecule is CCCCCC=CCOC[C@H]1O[C@](COCC=CCCCCC)(OC)[C@@H](O)[C@@H]1O. The van der Waals surface area contributed by atoms with Crippen LogP contribution in [0.2, 0.25) is 0 Å². The molecule has 0 unspecified atom stereocenters. The van der Waals surface area contributed by atoms with Crippen LogP contribution >= 0.6 is 0 Å². The molecule has 0 aromatic heterocycles. The molecule has 0 saturated carbocycles. The molecule has 0 amide bonds. The fourth-order valence-electron chi connectivity index (χ4n) is 3.26. The predicted octanol–water partition coefficient (Wildman–Crippen LogP) is 3.76. The zero-order valence-electron chi connectivity index (χ0n) is 18.6. The van der Waals surface area contributed by atoms with Gasteiger partial charge in [0.25, 0.3) is 0 Å². The second-order valence-electron chi connectivity index (χ2n) is 7.59. The molecule has 6 nitrogen and oxygen atoms in total. The molecular weight excluding hydrogens is 372 g/mol. The molecule has 2 N–H and O–H groups in total. The number of allylic oxidation sites excluding steroid dienone is 2. The highest BCUT2D eigenvalue weighted by Crippen LogP contribution is 2.32. The van der Waals surface area contributed by atoms with E-state index in [9.17, 15) is 10.2 Å². The van der Waals surface area contributed by atoms with Crippen molar-refractivity contribution in [3.8, 4) is 0 Å². The van der Waals surface area contributed by atoms with Gasteiger partial charge in [-0.15, -0.1) is 0 Å². The summed E-state index contributed by atoms with van der Waals surface area (Å²) in [4.78, 5) is 0. The van der Waals surface area contributed by atoms with Crippen LogP contribution < -0.4 is 0 Å². The van der Waals surface area contributed by atoms with E-state index in [1.54, 1.807) is 0 Å². The fourth-order valence-corrected chi connectivity index (χ4v) is 3.26. The van der Waals surface area contributed by atoms with Gasteiger partial charge in [-0.25, -0.2) is 0 Å². The van der Waals surface area contributed by atoms with Gasteiger partial charge in [0, 0.05) is 7.11 Å². The van der Waals surface area contributed by atoms with Crippen molar-refractivity contribution in [3.05, 3.63) is 24.3 Å². The van der Waals surface area contributed by atoms with Crippen molar-refractivity contribution in [2.24, 2.45) is 0 Å². The third-order valence-corrected chi connectivity index (χ3v) is 5.15. The van der Waals surface area contributed by atoms with E-state index in [1.807, 2.05) is 12.2 Å². The molecule has 1 heterocycles. The number of rotatable bonds is 17. The zero-order valence-corrected chi connectivity index (χ0v) is 18.6. The molecule has 1 aliphatic heterocycles. The maximum Gasteiger partial charge on any atom is 0.221 e. The first kappa shape index (κ1) is 26.3. The van der Waals surface area contributed by atoms with E-state index < -0.39 is 24.1 Å². The molecular formula is C23H42O6. The Kier molecular flexibility index (Phi) is 14.5. The Morgan fingerprint density at radius 2 is 1.45 bits per heavy atom. The van der Waals surface area contributed by atoms with Crippen LogP contribution in [0.25, 0.3) is 0 Å². The summed E-state index contributed by atoms with van der Waals surface area (Å²) in [5, 5.41) is 20.8. The van der Waals surface area contributed by atoms with Crippen LogP contribution in [0.1, 0.15) is 65.2 Å². The van der Waals surface area contributed by atoms with Crippen molar-refractivity contribution < 1.29 is 29.2 Å².